The molecule has 1 aromatic carbocycles. The number of ether oxygens (including phenoxy) is 1. The molecule has 1 aliphatic rings. The maximum absolute atomic E-state index is 12.9. The maximum atomic E-state index is 12.9. The van der Waals surface area contributed by atoms with E-state index in [0.29, 0.717) is 31.0 Å². The Bertz CT molecular complexity index is 1050. The summed E-state index contributed by atoms with van der Waals surface area (Å²) in [7, 11) is 0. The molecule has 12 heteroatoms. The van der Waals surface area contributed by atoms with E-state index in [0.717, 1.165) is 12.1 Å². The number of hydrogen-bond acceptors (Lipinski definition) is 6. The van der Waals surface area contributed by atoms with Crippen LogP contribution in [0, 0.1) is 12.8 Å². The number of nitrogens with one attached hydrogen (secondary N) is 3. The Morgan fingerprint density at radius 3 is 2.42 bits per heavy atom. The van der Waals surface area contributed by atoms with Gasteiger partial charge in [-0.3, -0.25) is 9.59 Å². The maximum Gasteiger partial charge on any atom is 0.491 e. The molecule has 3 rings (SSSR count). The molecule has 1 aliphatic heterocycles. The first-order valence-electron chi connectivity index (χ1n) is 9.93. The molecule has 0 unspecified atom stereocenters. The summed E-state index contributed by atoms with van der Waals surface area (Å²) in [5.41, 5.74) is -0.109. The van der Waals surface area contributed by atoms with E-state index in [1.54, 1.807) is 0 Å². The summed E-state index contributed by atoms with van der Waals surface area (Å²) in [6.07, 6.45) is -2.77. The van der Waals surface area contributed by atoms with Crippen molar-refractivity contribution in [1.29, 1.82) is 0 Å². The van der Waals surface area contributed by atoms with Crippen LogP contribution in [0.2, 0.25) is 5.02 Å². The van der Waals surface area contributed by atoms with Gasteiger partial charge in [0, 0.05) is 17.7 Å². The minimum absolute atomic E-state index is 0.00778. The first-order valence-corrected chi connectivity index (χ1v) is 10.3. The Balaban J connectivity index is 1.93. The fourth-order valence-electron chi connectivity index (χ4n) is 3.25. The minimum atomic E-state index is -5.21. The van der Waals surface area contributed by atoms with Crippen molar-refractivity contribution in [1.82, 2.24) is 10.3 Å². The van der Waals surface area contributed by atoms with Crippen LogP contribution in [0.3, 0.4) is 0 Å². The quantitative estimate of drug-likeness (QED) is 0.441. The summed E-state index contributed by atoms with van der Waals surface area (Å²) in [4.78, 5) is 41.0. The molecule has 1 aromatic heterocycles. The van der Waals surface area contributed by atoms with Crippen LogP contribution in [0.15, 0.2) is 30.5 Å². The average molecular weight is 485 g/mol. The van der Waals surface area contributed by atoms with Crippen LogP contribution in [0.4, 0.5) is 24.7 Å². The van der Waals surface area contributed by atoms with E-state index >= 15 is 0 Å². The number of halogens is 4. The molecule has 2 aromatic rings. The molecule has 8 nitrogen and oxygen atoms in total. The van der Waals surface area contributed by atoms with Gasteiger partial charge < -0.3 is 20.7 Å². The number of carbonyl (C=O) groups is 3. The molecule has 0 aliphatic carbocycles. The van der Waals surface area contributed by atoms with Crippen LogP contribution in [-0.4, -0.2) is 42.0 Å². The third-order valence-electron chi connectivity index (χ3n) is 5.02. The number of rotatable bonds is 5. The first kappa shape index (κ1) is 24.5. The molecule has 2 amide bonds. The Labute approximate surface area is 191 Å². The summed E-state index contributed by atoms with van der Waals surface area (Å²) in [6.45, 7) is 2.61. The number of nitrogens with zero attached hydrogens (tertiary/aromatic N) is 1. The van der Waals surface area contributed by atoms with Gasteiger partial charge >= 0.3 is 12.1 Å². The van der Waals surface area contributed by atoms with E-state index in [9.17, 15) is 27.6 Å². The van der Waals surface area contributed by atoms with Gasteiger partial charge in [-0.2, -0.15) is 13.2 Å². The molecule has 176 valence electrons. The van der Waals surface area contributed by atoms with Gasteiger partial charge in [0.25, 0.3) is 5.91 Å². The highest BCUT2D eigenvalue weighted by molar-refractivity contribution is 6.30. The summed E-state index contributed by atoms with van der Waals surface area (Å²) in [6, 6.07) is 5.19. The van der Waals surface area contributed by atoms with Crippen molar-refractivity contribution in [2.24, 2.45) is 5.92 Å². The molecule has 0 atom stereocenters. The molecule has 33 heavy (non-hydrogen) atoms. The number of carbonyl (C=O) groups excluding carboxylic acids is 3. The number of hydrogen-bond donors (Lipinski definition) is 3. The molecule has 0 saturated carbocycles. The van der Waals surface area contributed by atoms with Crippen LogP contribution in [0.5, 0.6) is 5.75 Å². The number of amides is 2. The lowest BCUT2D eigenvalue weighted by molar-refractivity contribution is -0.189. The molecule has 0 spiro atoms. The van der Waals surface area contributed by atoms with E-state index in [4.69, 9.17) is 11.6 Å². The van der Waals surface area contributed by atoms with Crippen molar-refractivity contribution < 1.29 is 32.3 Å². The standard InChI is InChI=1S/C21H20ClF3N4O4/c1-11-15(33-20(32)21(23,24)25)4-3-14(19(31)28-16-5-2-13(22)10-27-16)17(11)29-18(30)12-6-8-26-9-7-12/h2-5,10,12,26H,6-9H2,1H3,(H,29,30)(H,27,28,31). The molecule has 0 radical (unpaired) electrons. The number of benzene rings is 1. The topological polar surface area (TPSA) is 109 Å². The van der Waals surface area contributed by atoms with Crippen molar-refractivity contribution in [2.45, 2.75) is 25.9 Å². The van der Waals surface area contributed by atoms with Gasteiger partial charge in [-0.1, -0.05) is 11.6 Å². The van der Waals surface area contributed by atoms with Crippen LogP contribution in [0.25, 0.3) is 0 Å². The van der Waals surface area contributed by atoms with E-state index in [-0.39, 0.29) is 28.6 Å². The van der Waals surface area contributed by atoms with E-state index in [2.05, 4.69) is 25.7 Å². The second-order valence-corrected chi connectivity index (χ2v) is 7.76. The molecular weight excluding hydrogens is 465 g/mol. The van der Waals surface area contributed by atoms with Crippen LogP contribution in [-0.2, 0) is 9.59 Å². The molecule has 2 heterocycles. The Morgan fingerprint density at radius 1 is 1.12 bits per heavy atom. The molecule has 1 fully saturated rings. The lowest BCUT2D eigenvalue weighted by atomic mass is 9.96. The van der Waals surface area contributed by atoms with Crippen molar-refractivity contribution in [3.63, 3.8) is 0 Å². The van der Waals surface area contributed by atoms with Gasteiger partial charge in [-0.05, 0) is 57.1 Å². The zero-order chi connectivity index (χ0) is 24.2. The summed E-state index contributed by atoms with van der Waals surface area (Å²) < 4.78 is 42.5. The fourth-order valence-corrected chi connectivity index (χ4v) is 3.37. The second kappa shape index (κ2) is 10.2. The van der Waals surface area contributed by atoms with Gasteiger partial charge in [0.05, 0.1) is 16.3 Å². The lowest BCUT2D eigenvalue weighted by Crippen LogP contribution is -2.35. The van der Waals surface area contributed by atoms with E-state index in [1.165, 1.54) is 25.3 Å². The smallest absolute Gasteiger partial charge is 0.420 e. The Kier molecular flexibility index (Phi) is 7.54. The number of aromatic nitrogens is 1. The van der Waals surface area contributed by atoms with Crippen molar-refractivity contribution in [3.05, 3.63) is 46.6 Å². The summed E-state index contributed by atoms with van der Waals surface area (Å²) in [5, 5.41) is 8.65. The van der Waals surface area contributed by atoms with Gasteiger partial charge in [0.1, 0.15) is 11.6 Å². The molecule has 0 bridgehead atoms. The van der Waals surface area contributed by atoms with Crippen LogP contribution in [0.1, 0.15) is 28.8 Å². The highest BCUT2D eigenvalue weighted by atomic mass is 35.5. The second-order valence-electron chi connectivity index (χ2n) is 7.33. The lowest BCUT2D eigenvalue weighted by Gasteiger charge is -2.23. The summed E-state index contributed by atoms with van der Waals surface area (Å²) in [5.74, 6) is -4.09. The zero-order valence-electron chi connectivity index (χ0n) is 17.4. The highest BCUT2D eigenvalue weighted by Crippen LogP contribution is 2.32. The van der Waals surface area contributed by atoms with Gasteiger partial charge in [-0.25, -0.2) is 9.78 Å². The third kappa shape index (κ3) is 6.20. The largest absolute Gasteiger partial charge is 0.491 e. The number of pyridine rings is 1. The number of esters is 1. The normalized spacial score (nSPS) is 14.5. The fraction of sp³-hybridized carbons (Fsp3) is 0.333. The Morgan fingerprint density at radius 2 is 1.82 bits per heavy atom. The van der Waals surface area contributed by atoms with E-state index < -0.39 is 29.7 Å². The third-order valence-corrected chi connectivity index (χ3v) is 5.24. The minimum Gasteiger partial charge on any atom is -0.420 e. The van der Waals surface area contributed by atoms with Crippen LogP contribution >= 0.6 is 11.6 Å². The average Bonchev–Trinajstić information content (AvgIpc) is 2.77. The molecular formula is C21H20ClF3N4O4. The van der Waals surface area contributed by atoms with Gasteiger partial charge in [0.15, 0.2) is 0 Å². The SMILES string of the molecule is Cc1c(OC(=O)C(F)(F)F)ccc(C(=O)Nc2ccc(Cl)cn2)c1NC(=O)C1CCNCC1. The van der Waals surface area contributed by atoms with E-state index in [1.807, 2.05) is 0 Å². The number of piperidine rings is 1. The monoisotopic (exact) mass is 484 g/mol. The predicted molar refractivity (Wildman–Crippen MR) is 114 cm³/mol. The Hall–Kier alpha value is -3.18. The summed E-state index contributed by atoms with van der Waals surface area (Å²) >= 11 is 5.78. The number of alkyl halides is 3. The van der Waals surface area contributed by atoms with Crippen molar-refractivity contribution in [2.75, 3.05) is 23.7 Å². The van der Waals surface area contributed by atoms with Crippen molar-refractivity contribution >= 4 is 40.9 Å². The molecule has 3 N–H and O–H groups in total. The highest BCUT2D eigenvalue weighted by Gasteiger charge is 2.41. The first-order chi connectivity index (χ1) is 15.6. The number of anilines is 2. The predicted octanol–water partition coefficient (Wildman–Crippen LogP) is 3.70. The van der Waals surface area contributed by atoms with Crippen molar-refractivity contribution in [3.8, 4) is 5.75 Å². The van der Waals surface area contributed by atoms with Gasteiger partial charge in [0.2, 0.25) is 5.91 Å². The molecule has 1 saturated heterocycles. The zero-order valence-corrected chi connectivity index (χ0v) is 18.1. The van der Waals surface area contributed by atoms with Crippen LogP contribution < -0.4 is 20.7 Å². The van der Waals surface area contributed by atoms with Gasteiger partial charge in [-0.15, -0.1) is 0 Å².